The lowest BCUT2D eigenvalue weighted by Crippen LogP contribution is -2.31. The van der Waals surface area contributed by atoms with Gasteiger partial charge in [-0.15, -0.1) is 0 Å². The molecule has 0 saturated carbocycles. The Morgan fingerprint density at radius 1 is 1.14 bits per heavy atom. The first-order chi connectivity index (χ1) is 10.5. The zero-order chi connectivity index (χ0) is 15.7. The van der Waals surface area contributed by atoms with Gasteiger partial charge in [0.15, 0.2) is 0 Å². The second kappa shape index (κ2) is 5.48. The van der Waals surface area contributed by atoms with E-state index < -0.39 is 12.1 Å². The number of aromatic hydroxyl groups is 3. The number of carbonyl (C=O) groups excluding carboxylic acids is 1. The number of esters is 1. The molecule has 114 valence electrons. The molecule has 0 amide bonds. The fraction of sp³-hybridized carbons (Fsp3) is 0.188. The van der Waals surface area contributed by atoms with E-state index in [0.717, 1.165) is 0 Å². The number of fused-ring (bicyclic) bond motifs is 1. The van der Waals surface area contributed by atoms with Gasteiger partial charge >= 0.3 is 5.97 Å². The van der Waals surface area contributed by atoms with Crippen molar-refractivity contribution in [1.29, 1.82) is 0 Å². The van der Waals surface area contributed by atoms with Crippen molar-refractivity contribution in [1.82, 2.24) is 0 Å². The molecule has 0 radical (unpaired) electrons. The van der Waals surface area contributed by atoms with E-state index >= 15 is 0 Å². The Bertz CT molecular complexity index is 725. The van der Waals surface area contributed by atoms with Crippen molar-refractivity contribution in [2.45, 2.75) is 12.5 Å². The number of hydrogen-bond acceptors (Lipinski definition) is 6. The third-order valence-corrected chi connectivity index (χ3v) is 3.38. The predicted octanol–water partition coefficient (Wildman–Crippen LogP) is 1.96. The van der Waals surface area contributed by atoms with Gasteiger partial charge in [0.25, 0.3) is 0 Å². The fourth-order valence-electron chi connectivity index (χ4n) is 2.35. The normalized spacial score (nSPS) is 16.5. The van der Waals surface area contributed by atoms with Gasteiger partial charge in [0.1, 0.15) is 35.7 Å². The van der Waals surface area contributed by atoms with E-state index in [-0.39, 0.29) is 35.8 Å². The molecule has 0 aliphatic carbocycles. The Balaban J connectivity index is 1.74. The van der Waals surface area contributed by atoms with Gasteiger partial charge in [-0.25, -0.2) is 4.79 Å². The molecular formula is C16H14O6. The van der Waals surface area contributed by atoms with Crippen LogP contribution in [0.4, 0.5) is 0 Å². The maximum atomic E-state index is 12.0. The molecule has 0 fully saturated rings. The van der Waals surface area contributed by atoms with Crippen LogP contribution in [0.3, 0.4) is 0 Å². The molecule has 1 heterocycles. The van der Waals surface area contributed by atoms with Crippen LogP contribution in [0.15, 0.2) is 36.4 Å². The molecule has 3 N–H and O–H groups in total. The van der Waals surface area contributed by atoms with Crippen molar-refractivity contribution in [3.8, 4) is 23.0 Å². The molecule has 2 aromatic rings. The molecule has 6 heteroatoms. The Morgan fingerprint density at radius 3 is 2.73 bits per heavy atom. The van der Waals surface area contributed by atoms with Gasteiger partial charge in [-0.3, -0.25) is 0 Å². The number of hydrogen-bond donors (Lipinski definition) is 3. The number of ether oxygens (including phenoxy) is 2. The summed E-state index contributed by atoms with van der Waals surface area (Å²) in [4.78, 5) is 12.0. The Labute approximate surface area is 126 Å². The van der Waals surface area contributed by atoms with E-state index in [1.165, 1.54) is 30.3 Å². The zero-order valence-corrected chi connectivity index (χ0v) is 11.5. The van der Waals surface area contributed by atoms with Crippen molar-refractivity contribution >= 4 is 5.97 Å². The molecule has 22 heavy (non-hydrogen) atoms. The fourth-order valence-corrected chi connectivity index (χ4v) is 2.35. The van der Waals surface area contributed by atoms with Crippen molar-refractivity contribution in [3.63, 3.8) is 0 Å². The van der Waals surface area contributed by atoms with Gasteiger partial charge in [-0.1, -0.05) is 6.07 Å². The lowest BCUT2D eigenvalue weighted by Gasteiger charge is -2.26. The third-order valence-electron chi connectivity index (χ3n) is 3.38. The van der Waals surface area contributed by atoms with Crippen LogP contribution in [0.2, 0.25) is 0 Å². The van der Waals surface area contributed by atoms with Gasteiger partial charge < -0.3 is 24.8 Å². The molecule has 1 aliphatic heterocycles. The van der Waals surface area contributed by atoms with Crippen LogP contribution < -0.4 is 4.74 Å². The van der Waals surface area contributed by atoms with Gasteiger partial charge in [0.05, 0.1) is 5.56 Å². The van der Waals surface area contributed by atoms with E-state index in [1.54, 1.807) is 6.07 Å². The summed E-state index contributed by atoms with van der Waals surface area (Å²) < 4.78 is 10.7. The minimum Gasteiger partial charge on any atom is -0.508 e. The van der Waals surface area contributed by atoms with Crippen molar-refractivity contribution < 1.29 is 29.6 Å². The molecule has 0 spiro atoms. The van der Waals surface area contributed by atoms with Gasteiger partial charge in [-0.05, 0) is 18.2 Å². The standard InChI is InChI=1S/C16H14O6/c17-10-3-1-2-9(4-10)16(20)22-12-7-13-14(19)5-11(18)6-15(13)21-8-12/h1-6,12,17-19H,7-8H2. The van der Waals surface area contributed by atoms with E-state index in [0.29, 0.717) is 11.3 Å². The Hall–Kier alpha value is -2.89. The lowest BCUT2D eigenvalue weighted by atomic mass is 10.0. The Morgan fingerprint density at radius 2 is 1.95 bits per heavy atom. The van der Waals surface area contributed by atoms with Crippen molar-refractivity contribution in [2.75, 3.05) is 6.61 Å². The summed E-state index contributed by atoms with van der Waals surface area (Å²) in [5, 5.41) is 28.6. The summed E-state index contributed by atoms with van der Waals surface area (Å²) in [7, 11) is 0. The molecular weight excluding hydrogens is 288 g/mol. The summed E-state index contributed by atoms with van der Waals surface area (Å²) in [6.45, 7) is 0.125. The van der Waals surface area contributed by atoms with Gasteiger partial charge in [0.2, 0.25) is 0 Å². The monoisotopic (exact) mass is 302 g/mol. The molecule has 3 rings (SSSR count). The first kappa shape index (κ1) is 14.1. The largest absolute Gasteiger partial charge is 0.508 e. The minimum atomic E-state index is -0.578. The molecule has 0 bridgehead atoms. The SMILES string of the molecule is O=C(OC1COc2cc(O)cc(O)c2C1)c1cccc(O)c1. The van der Waals surface area contributed by atoms with Crippen LogP contribution >= 0.6 is 0 Å². The molecule has 0 aromatic heterocycles. The van der Waals surface area contributed by atoms with Crippen molar-refractivity contribution in [3.05, 3.63) is 47.5 Å². The van der Waals surface area contributed by atoms with Crippen LogP contribution in [0.1, 0.15) is 15.9 Å². The minimum absolute atomic E-state index is 0.0205. The predicted molar refractivity (Wildman–Crippen MR) is 76.3 cm³/mol. The smallest absolute Gasteiger partial charge is 0.338 e. The average Bonchev–Trinajstić information content (AvgIpc) is 2.48. The highest BCUT2D eigenvalue weighted by Crippen LogP contribution is 2.36. The van der Waals surface area contributed by atoms with Crippen LogP contribution in [-0.2, 0) is 11.2 Å². The van der Waals surface area contributed by atoms with Crippen LogP contribution in [0.5, 0.6) is 23.0 Å². The highest BCUT2D eigenvalue weighted by atomic mass is 16.6. The lowest BCUT2D eigenvalue weighted by molar-refractivity contribution is 0.0128. The maximum Gasteiger partial charge on any atom is 0.338 e. The second-order valence-corrected chi connectivity index (χ2v) is 5.03. The maximum absolute atomic E-state index is 12.0. The highest BCUT2D eigenvalue weighted by molar-refractivity contribution is 5.90. The quantitative estimate of drug-likeness (QED) is 0.734. The highest BCUT2D eigenvalue weighted by Gasteiger charge is 2.26. The summed E-state index contributed by atoms with van der Waals surface area (Å²) in [6.07, 6.45) is -0.274. The number of phenols is 3. The summed E-state index contributed by atoms with van der Waals surface area (Å²) in [5.74, 6) is -0.416. The van der Waals surface area contributed by atoms with Crippen LogP contribution in [-0.4, -0.2) is 34.0 Å². The molecule has 6 nitrogen and oxygen atoms in total. The number of phenolic OH excluding ortho intramolecular Hbond substituents is 3. The van der Waals surface area contributed by atoms with Gasteiger partial charge in [0, 0.05) is 24.1 Å². The topological polar surface area (TPSA) is 96.2 Å². The third kappa shape index (κ3) is 2.76. The van der Waals surface area contributed by atoms with E-state index in [9.17, 15) is 20.1 Å². The van der Waals surface area contributed by atoms with Crippen LogP contribution in [0.25, 0.3) is 0 Å². The number of rotatable bonds is 2. The Kier molecular flexibility index (Phi) is 3.50. The second-order valence-electron chi connectivity index (χ2n) is 5.03. The summed E-state index contributed by atoms with van der Waals surface area (Å²) in [6, 6.07) is 8.48. The number of benzene rings is 2. The van der Waals surface area contributed by atoms with Crippen molar-refractivity contribution in [2.24, 2.45) is 0 Å². The first-order valence-corrected chi connectivity index (χ1v) is 6.70. The van der Waals surface area contributed by atoms with E-state index in [1.807, 2.05) is 0 Å². The van der Waals surface area contributed by atoms with Crippen LogP contribution in [0, 0.1) is 0 Å². The average molecular weight is 302 g/mol. The summed E-state index contributed by atoms with van der Waals surface area (Å²) >= 11 is 0. The zero-order valence-electron chi connectivity index (χ0n) is 11.5. The molecule has 1 atom stereocenters. The molecule has 1 aliphatic rings. The van der Waals surface area contributed by atoms with Gasteiger partial charge in [-0.2, -0.15) is 0 Å². The van der Waals surface area contributed by atoms with E-state index in [4.69, 9.17) is 9.47 Å². The number of carbonyl (C=O) groups is 1. The molecule has 0 saturated heterocycles. The first-order valence-electron chi connectivity index (χ1n) is 6.70. The molecule has 1 unspecified atom stereocenters. The summed E-state index contributed by atoms with van der Waals surface area (Å²) in [5.41, 5.74) is 0.721. The van der Waals surface area contributed by atoms with E-state index in [2.05, 4.69) is 0 Å². The molecule has 2 aromatic carbocycles.